The minimum Gasteiger partial charge on any atom is -0.355 e. The second-order valence-corrected chi connectivity index (χ2v) is 6.75. The Balaban J connectivity index is 1.56. The van der Waals surface area contributed by atoms with Gasteiger partial charge in [0.05, 0.1) is 5.69 Å². The van der Waals surface area contributed by atoms with E-state index in [1.165, 1.54) is 6.42 Å². The van der Waals surface area contributed by atoms with E-state index in [0.717, 1.165) is 48.8 Å². The van der Waals surface area contributed by atoms with Crippen LogP contribution in [0.5, 0.6) is 0 Å². The lowest BCUT2D eigenvalue weighted by molar-refractivity contribution is 0.360. The van der Waals surface area contributed by atoms with Gasteiger partial charge in [-0.25, -0.2) is 4.98 Å². The topological polar surface area (TPSA) is 73.8 Å². The van der Waals surface area contributed by atoms with Crippen molar-refractivity contribution < 1.29 is 0 Å². The van der Waals surface area contributed by atoms with Gasteiger partial charge in [0.1, 0.15) is 5.82 Å². The molecule has 1 fully saturated rings. The van der Waals surface area contributed by atoms with E-state index >= 15 is 0 Å². The Hall–Kier alpha value is -3.06. The van der Waals surface area contributed by atoms with Gasteiger partial charge in [0.25, 0.3) is 0 Å². The molecule has 3 aromatic rings. The largest absolute Gasteiger partial charge is 0.355 e. The van der Waals surface area contributed by atoms with Crippen molar-refractivity contribution in [1.29, 1.82) is 0 Å². The third-order valence-electron chi connectivity index (χ3n) is 4.75. The van der Waals surface area contributed by atoms with Crippen LogP contribution in [0.25, 0.3) is 23.4 Å². The number of aromatic amines is 1. The van der Waals surface area contributed by atoms with Gasteiger partial charge in [0.2, 0.25) is 0 Å². The van der Waals surface area contributed by atoms with Crippen molar-refractivity contribution in [3.8, 4) is 11.3 Å². The van der Waals surface area contributed by atoms with E-state index in [2.05, 4.69) is 73.9 Å². The summed E-state index contributed by atoms with van der Waals surface area (Å²) in [6.45, 7) is 4.28. The number of H-pyrrole nitrogens is 1. The molecule has 0 unspecified atom stereocenters. The van der Waals surface area contributed by atoms with E-state index < -0.39 is 0 Å². The van der Waals surface area contributed by atoms with Crippen LogP contribution in [0.15, 0.2) is 42.5 Å². The lowest BCUT2D eigenvalue weighted by atomic mass is 10.1. The van der Waals surface area contributed by atoms with Gasteiger partial charge in [-0.15, -0.1) is 10.2 Å². The summed E-state index contributed by atoms with van der Waals surface area (Å²) in [5.74, 6) is 1.61. The SMILES string of the molecule is CN1CCCN(c2cccc(-c3cccc(/C=C/c4nn[nH]n4)c3)n2)CC1. The number of hydrogen-bond donors (Lipinski definition) is 1. The van der Waals surface area contributed by atoms with E-state index in [4.69, 9.17) is 4.98 Å². The fraction of sp³-hybridized carbons (Fsp3) is 0.300. The number of anilines is 1. The molecular formula is C20H23N7. The summed E-state index contributed by atoms with van der Waals surface area (Å²) in [4.78, 5) is 9.69. The molecule has 0 spiro atoms. The second kappa shape index (κ2) is 8.09. The van der Waals surface area contributed by atoms with Crippen LogP contribution in [-0.2, 0) is 0 Å². The summed E-state index contributed by atoms with van der Waals surface area (Å²) in [6.07, 6.45) is 4.97. The van der Waals surface area contributed by atoms with Gasteiger partial charge < -0.3 is 9.80 Å². The molecule has 1 aliphatic heterocycles. The Morgan fingerprint density at radius 3 is 2.81 bits per heavy atom. The maximum Gasteiger partial charge on any atom is 0.197 e. The molecule has 0 radical (unpaired) electrons. The zero-order valence-corrected chi connectivity index (χ0v) is 15.4. The van der Waals surface area contributed by atoms with Crippen molar-refractivity contribution in [2.75, 3.05) is 38.1 Å². The predicted octanol–water partition coefficient (Wildman–Crippen LogP) is 2.57. The van der Waals surface area contributed by atoms with Crippen molar-refractivity contribution >= 4 is 18.0 Å². The standard InChI is InChI=1S/C20H23N7/c1-26-11-4-12-27(14-13-26)20-8-3-7-18(21-20)17-6-2-5-16(15-17)9-10-19-22-24-25-23-19/h2-3,5-10,15H,4,11-14H2,1H3,(H,22,23,24,25)/b10-9+. The molecule has 7 heteroatoms. The molecule has 1 aromatic carbocycles. The smallest absolute Gasteiger partial charge is 0.197 e. The molecule has 4 rings (SSSR count). The molecule has 1 saturated heterocycles. The minimum atomic E-state index is 0.562. The van der Waals surface area contributed by atoms with Gasteiger partial charge in [-0.05, 0) is 55.1 Å². The Labute approximate surface area is 158 Å². The van der Waals surface area contributed by atoms with Crippen LogP contribution in [0.3, 0.4) is 0 Å². The normalized spacial score (nSPS) is 16.0. The molecule has 138 valence electrons. The highest BCUT2D eigenvalue weighted by Crippen LogP contribution is 2.23. The van der Waals surface area contributed by atoms with Crippen LogP contribution >= 0.6 is 0 Å². The average molecular weight is 361 g/mol. The van der Waals surface area contributed by atoms with Gasteiger partial charge in [-0.1, -0.05) is 30.3 Å². The van der Waals surface area contributed by atoms with Crippen LogP contribution in [0, 0.1) is 0 Å². The van der Waals surface area contributed by atoms with Crippen LogP contribution in [-0.4, -0.2) is 63.7 Å². The highest BCUT2D eigenvalue weighted by atomic mass is 15.5. The van der Waals surface area contributed by atoms with E-state index in [1.54, 1.807) is 0 Å². The van der Waals surface area contributed by atoms with Gasteiger partial charge in [-0.2, -0.15) is 5.21 Å². The molecule has 1 aliphatic rings. The molecule has 0 saturated carbocycles. The predicted molar refractivity (Wildman–Crippen MR) is 107 cm³/mol. The van der Waals surface area contributed by atoms with E-state index in [-0.39, 0.29) is 0 Å². The zero-order chi connectivity index (χ0) is 18.5. The number of nitrogens with one attached hydrogen (secondary N) is 1. The van der Waals surface area contributed by atoms with Crippen LogP contribution < -0.4 is 4.90 Å². The summed E-state index contributed by atoms with van der Waals surface area (Å²) in [5.41, 5.74) is 3.15. The maximum absolute atomic E-state index is 4.93. The monoisotopic (exact) mass is 361 g/mol. The van der Waals surface area contributed by atoms with Crippen molar-refractivity contribution in [3.63, 3.8) is 0 Å². The zero-order valence-electron chi connectivity index (χ0n) is 15.4. The molecule has 0 atom stereocenters. The van der Waals surface area contributed by atoms with Crippen LogP contribution in [0.2, 0.25) is 0 Å². The second-order valence-electron chi connectivity index (χ2n) is 6.75. The number of benzene rings is 1. The highest BCUT2D eigenvalue weighted by Gasteiger charge is 2.14. The minimum absolute atomic E-state index is 0.562. The summed E-state index contributed by atoms with van der Waals surface area (Å²) in [5, 5.41) is 13.9. The quantitative estimate of drug-likeness (QED) is 0.770. The molecule has 0 amide bonds. The number of likely N-dealkylation sites (N-methyl/N-ethyl adjacent to an activating group) is 1. The Bertz CT molecular complexity index is 904. The van der Waals surface area contributed by atoms with Gasteiger partial charge in [-0.3, -0.25) is 0 Å². The molecule has 7 nitrogen and oxygen atoms in total. The summed E-state index contributed by atoms with van der Waals surface area (Å²) in [7, 11) is 2.18. The third-order valence-corrected chi connectivity index (χ3v) is 4.75. The van der Waals surface area contributed by atoms with Gasteiger partial charge in [0, 0.05) is 25.2 Å². The summed E-state index contributed by atoms with van der Waals surface area (Å²) < 4.78 is 0. The molecule has 27 heavy (non-hydrogen) atoms. The van der Waals surface area contributed by atoms with Crippen LogP contribution in [0.1, 0.15) is 17.8 Å². The first-order chi connectivity index (χ1) is 13.3. The molecule has 1 N–H and O–H groups in total. The fourth-order valence-electron chi connectivity index (χ4n) is 3.25. The van der Waals surface area contributed by atoms with Crippen molar-refractivity contribution in [1.82, 2.24) is 30.5 Å². The molecule has 0 aliphatic carbocycles. The molecular weight excluding hydrogens is 338 g/mol. The Morgan fingerprint density at radius 1 is 1.00 bits per heavy atom. The number of pyridine rings is 1. The Kier molecular flexibility index (Phi) is 5.20. The third kappa shape index (κ3) is 4.38. The van der Waals surface area contributed by atoms with Gasteiger partial charge in [0.15, 0.2) is 5.82 Å². The van der Waals surface area contributed by atoms with Crippen molar-refractivity contribution in [2.24, 2.45) is 0 Å². The number of tetrazole rings is 1. The lowest BCUT2D eigenvalue weighted by Crippen LogP contribution is -2.29. The maximum atomic E-state index is 4.93. The number of hydrogen-bond acceptors (Lipinski definition) is 6. The first kappa shape index (κ1) is 17.4. The first-order valence-corrected chi connectivity index (χ1v) is 9.20. The average Bonchev–Trinajstić information content (AvgIpc) is 3.14. The van der Waals surface area contributed by atoms with E-state index in [0.29, 0.717) is 5.82 Å². The summed E-state index contributed by atoms with van der Waals surface area (Å²) >= 11 is 0. The lowest BCUT2D eigenvalue weighted by Gasteiger charge is -2.22. The number of aromatic nitrogens is 5. The number of rotatable bonds is 4. The van der Waals surface area contributed by atoms with E-state index in [1.807, 2.05) is 18.2 Å². The summed E-state index contributed by atoms with van der Waals surface area (Å²) in [6, 6.07) is 14.6. The van der Waals surface area contributed by atoms with E-state index in [9.17, 15) is 0 Å². The van der Waals surface area contributed by atoms with Gasteiger partial charge >= 0.3 is 0 Å². The molecule has 0 bridgehead atoms. The van der Waals surface area contributed by atoms with Crippen molar-refractivity contribution in [2.45, 2.75) is 6.42 Å². The van der Waals surface area contributed by atoms with Crippen LogP contribution in [0.4, 0.5) is 5.82 Å². The van der Waals surface area contributed by atoms with Crippen molar-refractivity contribution in [3.05, 3.63) is 53.9 Å². The molecule has 2 aromatic heterocycles. The Morgan fingerprint density at radius 2 is 1.93 bits per heavy atom. The first-order valence-electron chi connectivity index (χ1n) is 9.20. The number of nitrogens with zero attached hydrogens (tertiary/aromatic N) is 6. The fourth-order valence-corrected chi connectivity index (χ4v) is 3.25. The molecule has 3 heterocycles. The highest BCUT2D eigenvalue weighted by molar-refractivity contribution is 5.71.